The van der Waals surface area contributed by atoms with Gasteiger partial charge in [-0.15, -0.1) is 5.10 Å². The Morgan fingerprint density at radius 3 is 2.37 bits per heavy atom. The molecule has 2 aliphatic heterocycles. The number of fused-ring (bicyclic) bond motifs is 1. The summed E-state index contributed by atoms with van der Waals surface area (Å²) in [6.07, 6.45) is -1.70. The summed E-state index contributed by atoms with van der Waals surface area (Å²) >= 11 is 0. The van der Waals surface area contributed by atoms with Crippen LogP contribution in [-0.2, 0) is 34.0 Å². The molecule has 0 saturated carbocycles. The lowest BCUT2D eigenvalue weighted by atomic mass is 10.3. The Morgan fingerprint density at radius 2 is 1.77 bits per heavy atom. The molecule has 3 rings (SSSR count). The normalized spacial score (nSPS) is 17.1. The summed E-state index contributed by atoms with van der Waals surface area (Å²) in [5, 5.41) is 24.6. The summed E-state index contributed by atoms with van der Waals surface area (Å²) in [7, 11) is 0. The second-order valence-corrected chi connectivity index (χ2v) is 6.94. The number of aliphatic hydroxyl groups is 1. The third-order valence-electron chi connectivity index (χ3n) is 4.78. The Bertz CT molecular complexity index is 706. The Balaban J connectivity index is 0.000000396. The second kappa shape index (κ2) is 11.2. The molecular formula is C17H26F3N5O5. The van der Waals surface area contributed by atoms with Gasteiger partial charge in [0.1, 0.15) is 12.3 Å². The van der Waals surface area contributed by atoms with Crippen LogP contribution in [0.1, 0.15) is 30.7 Å². The number of likely N-dealkylation sites (tertiary alicyclic amines) is 1. The van der Waals surface area contributed by atoms with Gasteiger partial charge in [-0.05, 0) is 32.4 Å². The summed E-state index contributed by atoms with van der Waals surface area (Å²) in [5.41, 5.74) is 1.72. The number of carboxylic acid groups (broad SMARTS) is 1. The van der Waals surface area contributed by atoms with Crippen LogP contribution in [0.2, 0.25) is 0 Å². The standard InChI is InChI=1S/C15H25N5O3.C2HF3O2/c21-11-15(22)19-6-3-7-20-14(10-19)13(16-17-20)12-23-9-8-18-4-1-2-5-18;3-2(4,5)1(6)7/h21H,1-12H2;(H,6,7). The smallest absolute Gasteiger partial charge is 0.475 e. The molecule has 0 spiro atoms. The minimum absolute atomic E-state index is 0.249. The predicted molar refractivity (Wildman–Crippen MR) is 96.2 cm³/mol. The Labute approximate surface area is 171 Å². The zero-order valence-electron chi connectivity index (χ0n) is 16.5. The molecule has 0 atom stereocenters. The van der Waals surface area contributed by atoms with Crippen molar-refractivity contribution in [1.29, 1.82) is 0 Å². The Morgan fingerprint density at radius 1 is 1.10 bits per heavy atom. The van der Waals surface area contributed by atoms with Crippen molar-refractivity contribution in [2.45, 2.75) is 45.1 Å². The molecule has 1 aromatic heterocycles. The highest BCUT2D eigenvalue weighted by molar-refractivity contribution is 5.77. The minimum Gasteiger partial charge on any atom is -0.475 e. The largest absolute Gasteiger partial charge is 0.490 e. The van der Waals surface area contributed by atoms with Crippen LogP contribution < -0.4 is 0 Å². The second-order valence-electron chi connectivity index (χ2n) is 6.94. The predicted octanol–water partition coefficient (Wildman–Crippen LogP) is 0.248. The maximum absolute atomic E-state index is 11.8. The molecule has 3 heterocycles. The molecule has 13 heteroatoms. The van der Waals surface area contributed by atoms with Crippen molar-refractivity contribution < 1.29 is 37.7 Å². The zero-order chi connectivity index (χ0) is 22.1. The Kier molecular flexibility index (Phi) is 8.99. The molecule has 0 aromatic carbocycles. The number of carbonyl (C=O) groups is 2. The number of aliphatic hydroxyl groups excluding tert-OH is 1. The first-order valence-corrected chi connectivity index (χ1v) is 9.62. The number of nitrogens with zero attached hydrogens (tertiary/aromatic N) is 5. The van der Waals surface area contributed by atoms with Crippen molar-refractivity contribution in [2.75, 3.05) is 39.4 Å². The lowest BCUT2D eigenvalue weighted by Crippen LogP contribution is -2.33. The van der Waals surface area contributed by atoms with Crippen LogP contribution >= 0.6 is 0 Å². The van der Waals surface area contributed by atoms with Crippen LogP contribution in [0.3, 0.4) is 0 Å². The molecule has 0 unspecified atom stereocenters. The molecule has 0 bridgehead atoms. The van der Waals surface area contributed by atoms with Crippen molar-refractivity contribution in [3.05, 3.63) is 11.4 Å². The topological polar surface area (TPSA) is 121 Å². The summed E-state index contributed by atoms with van der Waals surface area (Å²) in [6, 6.07) is 0. The van der Waals surface area contributed by atoms with Crippen molar-refractivity contribution in [3.63, 3.8) is 0 Å². The fourth-order valence-corrected chi connectivity index (χ4v) is 3.19. The molecule has 30 heavy (non-hydrogen) atoms. The number of hydrogen-bond acceptors (Lipinski definition) is 7. The highest BCUT2D eigenvalue weighted by Crippen LogP contribution is 2.16. The molecule has 1 saturated heterocycles. The van der Waals surface area contributed by atoms with Crippen LogP contribution in [0.25, 0.3) is 0 Å². The molecule has 0 aliphatic carbocycles. The number of rotatable bonds is 6. The maximum Gasteiger partial charge on any atom is 0.490 e. The van der Waals surface area contributed by atoms with E-state index in [4.69, 9.17) is 19.7 Å². The average molecular weight is 437 g/mol. The molecule has 2 N–H and O–H groups in total. The van der Waals surface area contributed by atoms with Crippen LogP contribution in [-0.4, -0.2) is 92.5 Å². The van der Waals surface area contributed by atoms with E-state index in [0.717, 1.165) is 30.9 Å². The van der Waals surface area contributed by atoms with E-state index in [9.17, 15) is 18.0 Å². The third kappa shape index (κ3) is 7.22. The van der Waals surface area contributed by atoms with Gasteiger partial charge in [0.15, 0.2) is 0 Å². The van der Waals surface area contributed by atoms with Gasteiger partial charge in [-0.2, -0.15) is 13.2 Å². The van der Waals surface area contributed by atoms with Gasteiger partial charge in [0.25, 0.3) is 0 Å². The molecule has 1 amide bonds. The first kappa shape index (κ1) is 24.0. The van der Waals surface area contributed by atoms with Gasteiger partial charge in [0.2, 0.25) is 5.91 Å². The van der Waals surface area contributed by atoms with Gasteiger partial charge in [0, 0.05) is 19.6 Å². The maximum atomic E-state index is 11.8. The van der Waals surface area contributed by atoms with Crippen LogP contribution in [0, 0.1) is 0 Å². The highest BCUT2D eigenvalue weighted by atomic mass is 19.4. The number of hydrogen-bond donors (Lipinski definition) is 2. The van der Waals surface area contributed by atoms with E-state index in [1.54, 1.807) is 4.90 Å². The van der Waals surface area contributed by atoms with Crippen LogP contribution in [0.5, 0.6) is 0 Å². The number of aryl methyl sites for hydroxylation is 1. The van der Waals surface area contributed by atoms with E-state index < -0.39 is 18.8 Å². The first-order chi connectivity index (χ1) is 14.2. The summed E-state index contributed by atoms with van der Waals surface area (Å²) in [5.74, 6) is -3.01. The molecule has 1 fully saturated rings. The van der Waals surface area contributed by atoms with Gasteiger partial charge >= 0.3 is 12.1 Å². The number of amides is 1. The quantitative estimate of drug-likeness (QED) is 0.608. The SMILES string of the molecule is O=C(CO)N1CCCn2nnc(COCCN3CCCC3)c2C1.O=C(O)C(F)(F)F. The van der Waals surface area contributed by atoms with Crippen LogP contribution in [0.15, 0.2) is 0 Å². The van der Waals surface area contributed by atoms with E-state index in [0.29, 0.717) is 26.3 Å². The number of carboxylic acids is 1. The van der Waals surface area contributed by atoms with Gasteiger partial charge in [-0.3, -0.25) is 4.79 Å². The van der Waals surface area contributed by atoms with Gasteiger partial charge in [0.05, 0.1) is 25.5 Å². The Hall–Kier alpha value is -2.25. The third-order valence-corrected chi connectivity index (χ3v) is 4.78. The van der Waals surface area contributed by atoms with Gasteiger partial charge < -0.3 is 24.7 Å². The van der Waals surface area contributed by atoms with Crippen molar-refractivity contribution in [2.24, 2.45) is 0 Å². The molecular weight excluding hydrogens is 411 g/mol. The lowest BCUT2D eigenvalue weighted by molar-refractivity contribution is -0.192. The van der Waals surface area contributed by atoms with Crippen molar-refractivity contribution in [1.82, 2.24) is 24.8 Å². The number of ether oxygens (including phenoxy) is 1. The monoisotopic (exact) mass is 437 g/mol. The zero-order valence-corrected chi connectivity index (χ0v) is 16.5. The number of halogens is 3. The minimum atomic E-state index is -5.08. The molecule has 2 aliphatic rings. The van der Waals surface area contributed by atoms with Crippen molar-refractivity contribution >= 4 is 11.9 Å². The highest BCUT2D eigenvalue weighted by Gasteiger charge is 2.38. The number of aliphatic carboxylic acids is 1. The molecule has 170 valence electrons. The van der Waals surface area contributed by atoms with Crippen LogP contribution in [0.4, 0.5) is 13.2 Å². The fraction of sp³-hybridized carbons (Fsp3) is 0.765. The number of aromatic nitrogens is 3. The van der Waals surface area contributed by atoms with E-state index in [1.165, 1.54) is 25.9 Å². The van der Waals surface area contributed by atoms with E-state index in [1.807, 2.05) is 4.68 Å². The van der Waals surface area contributed by atoms with E-state index in [2.05, 4.69) is 15.2 Å². The lowest BCUT2D eigenvalue weighted by Gasteiger charge is -2.19. The average Bonchev–Trinajstić information content (AvgIpc) is 3.29. The van der Waals surface area contributed by atoms with Crippen molar-refractivity contribution in [3.8, 4) is 0 Å². The molecule has 1 aromatic rings. The van der Waals surface area contributed by atoms with E-state index >= 15 is 0 Å². The first-order valence-electron chi connectivity index (χ1n) is 9.62. The van der Waals surface area contributed by atoms with Gasteiger partial charge in [-0.25, -0.2) is 9.48 Å². The van der Waals surface area contributed by atoms with E-state index in [-0.39, 0.29) is 5.91 Å². The fourth-order valence-electron chi connectivity index (χ4n) is 3.19. The summed E-state index contributed by atoms with van der Waals surface area (Å²) < 4.78 is 39.3. The number of alkyl halides is 3. The summed E-state index contributed by atoms with van der Waals surface area (Å²) in [6.45, 7) is 5.77. The van der Waals surface area contributed by atoms with Gasteiger partial charge in [-0.1, -0.05) is 5.21 Å². The molecule has 10 nitrogen and oxygen atoms in total. The summed E-state index contributed by atoms with van der Waals surface area (Å²) in [4.78, 5) is 24.7. The molecule has 0 radical (unpaired) electrons. The number of carbonyl (C=O) groups excluding carboxylic acids is 1.